The number of rotatable bonds is 4. The highest BCUT2D eigenvalue weighted by Gasteiger charge is 2.23. The Morgan fingerprint density at radius 2 is 2.05 bits per heavy atom. The number of aryl methyl sites for hydroxylation is 1. The van der Waals surface area contributed by atoms with Gasteiger partial charge in [-0.15, -0.1) is 5.10 Å². The number of fused-ring (bicyclic) bond motifs is 1. The Labute approximate surface area is 126 Å². The zero-order chi connectivity index (χ0) is 14.7. The van der Waals surface area contributed by atoms with Gasteiger partial charge in [0, 0.05) is 29.9 Å². The summed E-state index contributed by atoms with van der Waals surface area (Å²) in [6.07, 6.45) is 3.60. The predicted molar refractivity (Wildman–Crippen MR) is 87.8 cm³/mol. The molecular formula is C17H24N4. The average Bonchev–Trinajstić information content (AvgIpc) is 2.55. The molecule has 112 valence electrons. The minimum atomic E-state index is 0.527. The van der Waals surface area contributed by atoms with E-state index in [9.17, 15) is 0 Å². The molecule has 1 unspecified atom stereocenters. The minimum Gasteiger partial charge on any atom is -0.350 e. The van der Waals surface area contributed by atoms with Crippen molar-refractivity contribution >= 4 is 16.6 Å². The van der Waals surface area contributed by atoms with Gasteiger partial charge in [0.1, 0.15) is 0 Å². The van der Waals surface area contributed by atoms with Crippen LogP contribution in [-0.4, -0.2) is 35.9 Å². The summed E-state index contributed by atoms with van der Waals surface area (Å²) in [5, 5.41) is 14.9. The number of benzene rings is 1. The molecule has 0 aliphatic carbocycles. The van der Waals surface area contributed by atoms with Crippen molar-refractivity contribution in [2.24, 2.45) is 0 Å². The van der Waals surface area contributed by atoms with Crippen LogP contribution in [0, 0.1) is 6.92 Å². The monoisotopic (exact) mass is 284 g/mol. The summed E-state index contributed by atoms with van der Waals surface area (Å²) in [6, 6.07) is 9.01. The van der Waals surface area contributed by atoms with Crippen molar-refractivity contribution in [3.63, 3.8) is 0 Å². The van der Waals surface area contributed by atoms with Gasteiger partial charge in [0.15, 0.2) is 5.82 Å². The molecule has 0 spiro atoms. The van der Waals surface area contributed by atoms with Gasteiger partial charge in [-0.2, -0.15) is 5.10 Å². The first-order valence-corrected chi connectivity index (χ1v) is 8.00. The largest absolute Gasteiger partial charge is 0.350 e. The summed E-state index contributed by atoms with van der Waals surface area (Å²) in [7, 11) is 0. The van der Waals surface area contributed by atoms with E-state index >= 15 is 0 Å². The van der Waals surface area contributed by atoms with Crippen LogP contribution in [0.25, 0.3) is 10.8 Å². The molecule has 1 aromatic carbocycles. The Bertz CT molecular complexity index is 605. The Morgan fingerprint density at radius 1 is 1.24 bits per heavy atom. The number of piperidine rings is 1. The van der Waals surface area contributed by atoms with Crippen molar-refractivity contribution in [1.82, 2.24) is 15.5 Å². The van der Waals surface area contributed by atoms with E-state index in [0.717, 1.165) is 37.6 Å². The van der Waals surface area contributed by atoms with Gasteiger partial charge in [0.25, 0.3) is 0 Å². The van der Waals surface area contributed by atoms with E-state index < -0.39 is 0 Å². The molecule has 2 aromatic rings. The Morgan fingerprint density at radius 3 is 2.76 bits per heavy atom. The topological polar surface area (TPSA) is 41.1 Å². The second kappa shape index (κ2) is 6.39. The van der Waals surface area contributed by atoms with Gasteiger partial charge in [-0.25, -0.2) is 0 Å². The van der Waals surface area contributed by atoms with Crippen LogP contribution in [0.3, 0.4) is 0 Å². The summed E-state index contributed by atoms with van der Waals surface area (Å²) < 4.78 is 0. The molecule has 0 saturated carbocycles. The molecule has 1 aliphatic rings. The summed E-state index contributed by atoms with van der Waals surface area (Å²) in [6.45, 7) is 7.48. The van der Waals surface area contributed by atoms with E-state index in [1.54, 1.807) is 0 Å². The van der Waals surface area contributed by atoms with E-state index in [1.165, 1.54) is 23.6 Å². The molecule has 0 radical (unpaired) electrons. The van der Waals surface area contributed by atoms with Crippen LogP contribution < -0.4 is 10.2 Å². The van der Waals surface area contributed by atoms with E-state index in [1.807, 2.05) is 6.92 Å². The van der Waals surface area contributed by atoms with Crippen molar-refractivity contribution in [2.75, 3.05) is 24.5 Å². The molecular weight excluding hydrogens is 260 g/mol. The highest BCUT2D eigenvalue weighted by Crippen LogP contribution is 2.28. The lowest BCUT2D eigenvalue weighted by Gasteiger charge is -2.35. The lowest BCUT2D eigenvalue weighted by molar-refractivity contribution is 0.429. The number of nitrogens with one attached hydrogen (secondary N) is 1. The molecule has 1 saturated heterocycles. The van der Waals surface area contributed by atoms with Crippen LogP contribution >= 0.6 is 0 Å². The number of nitrogens with zero attached hydrogens (tertiary/aromatic N) is 3. The Kier molecular flexibility index (Phi) is 4.34. The SMILES string of the molecule is CCCN(c1nnc(C)c2ccccc12)C1CCCNC1. The first-order valence-electron chi connectivity index (χ1n) is 8.00. The van der Waals surface area contributed by atoms with Crippen LogP contribution in [0.15, 0.2) is 24.3 Å². The van der Waals surface area contributed by atoms with Crippen LogP contribution in [0.1, 0.15) is 31.9 Å². The highest BCUT2D eigenvalue weighted by atomic mass is 15.3. The van der Waals surface area contributed by atoms with Gasteiger partial charge < -0.3 is 10.2 Å². The average molecular weight is 284 g/mol. The molecule has 4 nitrogen and oxygen atoms in total. The van der Waals surface area contributed by atoms with Crippen LogP contribution in [-0.2, 0) is 0 Å². The maximum Gasteiger partial charge on any atom is 0.159 e. The lowest BCUT2D eigenvalue weighted by Crippen LogP contribution is -2.47. The van der Waals surface area contributed by atoms with Crippen LogP contribution in [0.2, 0.25) is 0 Å². The minimum absolute atomic E-state index is 0.527. The fourth-order valence-corrected chi connectivity index (χ4v) is 3.24. The number of hydrogen-bond donors (Lipinski definition) is 1. The van der Waals surface area contributed by atoms with Crippen LogP contribution in [0.5, 0.6) is 0 Å². The third kappa shape index (κ3) is 2.86. The van der Waals surface area contributed by atoms with Gasteiger partial charge in [-0.05, 0) is 32.7 Å². The smallest absolute Gasteiger partial charge is 0.159 e. The molecule has 4 heteroatoms. The van der Waals surface area contributed by atoms with Gasteiger partial charge >= 0.3 is 0 Å². The highest BCUT2D eigenvalue weighted by molar-refractivity contribution is 5.93. The molecule has 3 rings (SSSR count). The van der Waals surface area contributed by atoms with Crippen molar-refractivity contribution in [3.05, 3.63) is 30.0 Å². The summed E-state index contributed by atoms with van der Waals surface area (Å²) in [4.78, 5) is 2.46. The van der Waals surface area contributed by atoms with E-state index in [4.69, 9.17) is 0 Å². The number of hydrogen-bond acceptors (Lipinski definition) is 4. The first kappa shape index (κ1) is 14.3. The second-order valence-corrected chi connectivity index (χ2v) is 5.85. The summed E-state index contributed by atoms with van der Waals surface area (Å²) in [5.74, 6) is 1.05. The number of aromatic nitrogens is 2. The van der Waals surface area contributed by atoms with Gasteiger partial charge in [-0.1, -0.05) is 31.2 Å². The standard InChI is InChI=1S/C17H24N4/c1-3-11-21(14-7-6-10-18-12-14)17-16-9-5-4-8-15(16)13(2)19-20-17/h4-5,8-9,14,18H,3,6-7,10-12H2,1-2H3. The summed E-state index contributed by atoms with van der Waals surface area (Å²) in [5.41, 5.74) is 1.01. The fourth-order valence-electron chi connectivity index (χ4n) is 3.24. The zero-order valence-corrected chi connectivity index (χ0v) is 13.0. The quantitative estimate of drug-likeness (QED) is 0.937. The molecule has 1 atom stereocenters. The van der Waals surface area contributed by atoms with Gasteiger partial charge in [0.2, 0.25) is 0 Å². The van der Waals surface area contributed by atoms with Gasteiger partial charge in [-0.3, -0.25) is 0 Å². The Balaban J connectivity index is 2.04. The third-order valence-electron chi connectivity index (χ3n) is 4.30. The summed E-state index contributed by atoms with van der Waals surface area (Å²) >= 11 is 0. The predicted octanol–water partition coefficient (Wildman–Crippen LogP) is 2.91. The molecule has 2 heterocycles. The van der Waals surface area contributed by atoms with Crippen LogP contribution in [0.4, 0.5) is 5.82 Å². The molecule has 0 bridgehead atoms. The van der Waals surface area contributed by atoms with Crippen molar-refractivity contribution < 1.29 is 0 Å². The van der Waals surface area contributed by atoms with Crippen molar-refractivity contribution in [2.45, 2.75) is 39.2 Å². The number of anilines is 1. The molecule has 1 N–H and O–H groups in total. The third-order valence-corrected chi connectivity index (χ3v) is 4.30. The van der Waals surface area contributed by atoms with Crippen molar-refractivity contribution in [1.29, 1.82) is 0 Å². The lowest BCUT2D eigenvalue weighted by atomic mass is 10.0. The molecule has 21 heavy (non-hydrogen) atoms. The van der Waals surface area contributed by atoms with E-state index in [-0.39, 0.29) is 0 Å². The zero-order valence-electron chi connectivity index (χ0n) is 13.0. The van der Waals surface area contributed by atoms with E-state index in [2.05, 4.69) is 51.6 Å². The molecule has 0 amide bonds. The molecule has 1 aromatic heterocycles. The molecule has 1 fully saturated rings. The first-order chi connectivity index (χ1) is 10.3. The van der Waals surface area contributed by atoms with Gasteiger partial charge in [0.05, 0.1) is 5.69 Å². The fraction of sp³-hybridized carbons (Fsp3) is 0.529. The second-order valence-electron chi connectivity index (χ2n) is 5.85. The normalized spacial score (nSPS) is 18.9. The van der Waals surface area contributed by atoms with E-state index in [0.29, 0.717) is 6.04 Å². The van der Waals surface area contributed by atoms with Crippen molar-refractivity contribution in [3.8, 4) is 0 Å². The maximum atomic E-state index is 4.55. The maximum absolute atomic E-state index is 4.55. The molecule has 1 aliphatic heterocycles. The Hall–Kier alpha value is -1.68.